The Kier molecular flexibility index (Phi) is 5.21. The molecule has 0 aromatic carbocycles. The van der Waals surface area contributed by atoms with Crippen molar-refractivity contribution in [1.29, 1.82) is 0 Å². The third-order valence-electron chi connectivity index (χ3n) is 2.70. The smallest absolute Gasteiger partial charge is 0.318 e. The van der Waals surface area contributed by atoms with Gasteiger partial charge >= 0.3 is 6.03 Å². The van der Waals surface area contributed by atoms with Crippen molar-refractivity contribution in [3.63, 3.8) is 0 Å². The summed E-state index contributed by atoms with van der Waals surface area (Å²) in [4.78, 5) is 21.4. The lowest BCUT2D eigenvalue weighted by Gasteiger charge is -2.16. The summed E-state index contributed by atoms with van der Waals surface area (Å²) in [5.74, 6) is 0.0471. The minimum absolute atomic E-state index is 0.107. The van der Waals surface area contributed by atoms with Crippen molar-refractivity contribution in [3.8, 4) is 0 Å². The van der Waals surface area contributed by atoms with Gasteiger partial charge in [0.2, 0.25) is 5.91 Å². The number of carbonyl (C=O) groups is 2. The van der Waals surface area contributed by atoms with E-state index in [4.69, 9.17) is 10.5 Å². The Morgan fingerprint density at radius 2 is 2.25 bits per heavy atom. The Balaban J connectivity index is 2.15. The van der Waals surface area contributed by atoms with Gasteiger partial charge in [-0.1, -0.05) is 6.92 Å². The van der Waals surface area contributed by atoms with Crippen LogP contribution in [0.1, 0.15) is 19.8 Å². The molecule has 0 aromatic heterocycles. The average Bonchev–Trinajstić information content (AvgIpc) is 2.64. The molecule has 0 aliphatic carbocycles. The second-order valence-corrected chi connectivity index (χ2v) is 3.91. The first-order valence-corrected chi connectivity index (χ1v) is 5.55. The summed E-state index contributed by atoms with van der Waals surface area (Å²) in [6.07, 6.45) is 2.29. The van der Waals surface area contributed by atoms with Gasteiger partial charge in [-0.05, 0) is 18.8 Å². The summed E-state index contributed by atoms with van der Waals surface area (Å²) in [7, 11) is 0. The summed E-state index contributed by atoms with van der Waals surface area (Å²) >= 11 is 0. The molecule has 4 N–H and O–H groups in total. The van der Waals surface area contributed by atoms with Crippen LogP contribution >= 0.6 is 0 Å². The summed E-state index contributed by atoms with van der Waals surface area (Å²) in [5, 5.41) is 5.00. The Morgan fingerprint density at radius 1 is 1.50 bits per heavy atom. The van der Waals surface area contributed by atoms with E-state index in [0.29, 0.717) is 5.92 Å². The van der Waals surface area contributed by atoms with Crippen molar-refractivity contribution >= 4 is 11.9 Å². The van der Waals surface area contributed by atoms with E-state index in [1.165, 1.54) is 0 Å². The molecule has 1 fully saturated rings. The second-order valence-electron chi connectivity index (χ2n) is 3.91. The van der Waals surface area contributed by atoms with Gasteiger partial charge in [-0.3, -0.25) is 10.1 Å². The molecule has 2 atom stereocenters. The van der Waals surface area contributed by atoms with E-state index in [2.05, 4.69) is 12.2 Å². The minimum atomic E-state index is -0.817. The first-order valence-electron chi connectivity index (χ1n) is 5.55. The summed E-state index contributed by atoms with van der Waals surface area (Å²) in [6, 6.07) is -0.817. The molecule has 16 heavy (non-hydrogen) atoms. The first-order chi connectivity index (χ1) is 7.63. The normalized spacial score (nSPS) is 24.3. The molecule has 1 heterocycles. The number of imide groups is 1. The van der Waals surface area contributed by atoms with Gasteiger partial charge in [0.15, 0.2) is 0 Å². The van der Waals surface area contributed by atoms with Crippen LogP contribution in [0, 0.1) is 5.92 Å². The second kappa shape index (κ2) is 6.44. The number of amides is 3. The van der Waals surface area contributed by atoms with Crippen LogP contribution in [0.3, 0.4) is 0 Å². The fraction of sp³-hybridized carbons (Fsp3) is 0.800. The quantitative estimate of drug-likeness (QED) is 0.597. The predicted molar refractivity (Wildman–Crippen MR) is 58.7 cm³/mol. The third-order valence-corrected chi connectivity index (χ3v) is 2.70. The fourth-order valence-electron chi connectivity index (χ4n) is 1.93. The van der Waals surface area contributed by atoms with Crippen molar-refractivity contribution in [2.24, 2.45) is 11.7 Å². The Hall–Kier alpha value is -1.14. The lowest BCUT2D eigenvalue weighted by molar-refractivity contribution is -0.119. The zero-order chi connectivity index (χ0) is 12.0. The zero-order valence-corrected chi connectivity index (χ0v) is 9.49. The van der Waals surface area contributed by atoms with Gasteiger partial charge in [0.1, 0.15) is 0 Å². The third kappa shape index (κ3) is 4.16. The van der Waals surface area contributed by atoms with Crippen LogP contribution < -0.4 is 16.4 Å². The summed E-state index contributed by atoms with van der Waals surface area (Å²) < 4.78 is 5.52. The molecule has 0 aromatic rings. The van der Waals surface area contributed by atoms with E-state index in [0.717, 1.165) is 26.0 Å². The van der Waals surface area contributed by atoms with Crippen LogP contribution in [0.15, 0.2) is 0 Å². The van der Waals surface area contributed by atoms with Crippen LogP contribution in [-0.4, -0.2) is 37.7 Å². The first kappa shape index (κ1) is 12.9. The number of urea groups is 1. The maximum atomic E-state index is 11.1. The number of nitrogens with one attached hydrogen (secondary N) is 2. The van der Waals surface area contributed by atoms with Crippen molar-refractivity contribution in [2.75, 3.05) is 19.7 Å². The SMILES string of the molecule is CCC1OCCC1CNCC(=O)NC(N)=O. The number of hydrogen-bond acceptors (Lipinski definition) is 4. The molecular formula is C10H19N3O3. The molecule has 6 heteroatoms. The Morgan fingerprint density at radius 3 is 2.88 bits per heavy atom. The topological polar surface area (TPSA) is 93.4 Å². The van der Waals surface area contributed by atoms with E-state index in [1.807, 2.05) is 5.32 Å². The van der Waals surface area contributed by atoms with E-state index in [-0.39, 0.29) is 12.6 Å². The highest BCUT2D eigenvalue weighted by atomic mass is 16.5. The molecule has 92 valence electrons. The van der Waals surface area contributed by atoms with Crippen LogP contribution in [0.5, 0.6) is 0 Å². The summed E-state index contributed by atoms with van der Waals surface area (Å²) in [6.45, 7) is 3.71. The molecule has 0 saturated carbocycles. The average molecular weight is 229 g/mol. The molecule has 1 saturated heterocycles. The molecule has 1 aliphatic rings. The van der Waals surface area contributed by atoms with Crippen LogP contribution in [0.2, 0.25) is 0 Å². The van der Waals surface area contributed by atoms with E-state index >= 15 is 0 Å². The van der Waals surface area contributed by atoms with Crippen molar-refractivity contribution < 1.29 is 14.3 Å². The van der Waals surface area contributed by atoms with Gasteiger partial charge < -0.3 is 15.8 Å². The largest absolute Gasteiger partial charge is 0.378 e. The maximum absolute atomic E-state index is 11.1. The van der Waals surface area contributed by atoms with Gasteiger partial charge in [-0.25, -0.2) is 4.79 Å². The molecule has 0 radical (unpaired) electrons. The highest BCUT2D eigenvalue weighted by Gasteiger charge is 2.26. The number of rotatable bonds is 5. The van der Waals surface area contributed by atoms with Gasteiger partial charge in [0, 0.05) is 13.2 Å². The minimum Gasteiger partial charge on any atom is -0.378 e. The maximum Gasteiger partial charge on any atom is 0.318 e. The van der Waals surface area contributed by atoms with Crippen LogP contribution in [0.25, 0.3) is 0 Å². The van der Waals surface area contributed by atoms with Crippen molar-refractivity contribution in [1.82, 2.24) is 10.6 Å². The number of hydrogen-bond donors (Lipinski definition) is 3. The lowest BCUT2D eigenvalue weighted by atomic mass is 10.00. The monoisotopic (exact) mass is 229 g/mol. The van der Waals surface area contributed by atoms with Gasteiger partial charge in [0.05, 0.1) is 12.6 Å². The molecular weight excluding hydrogens is 210 g/mol. The van der Waals surface area contributed by atoms with Crippen molar-refractivity contribution in [2.45, 2.75) is 25.9 Å². The lowest BCUT2D eigenvalue weighted by Crippen LogP contribution is -2.42. The zero-order valence-electron chi connectivity index (χ0n) is 9.49. The number of ether oxygens (including phenoxy) is 1. The highest BCUT2D eigenvalue weighted by Crippen LogP contribution is 2.22. The molecule has 0 bridgehead atoms. The Bertz CT molecular complexity index is 258. The Labute approximate surface area is 94.9 Å². The van der Waals surface area contributed by atoms with E-state index < -0.39 is 11.9 Å². The molecule has 2 unspecified atom stereocenters. The van der Waals surface area contributed by atoms with Crippen molar-refractivity contribution in [3.05, 3.63) is 0 Å². The molecule has 1 rings (SSSR count). The van der Waals surface area contributed by atoms with E-state index in [1.54, 1.807) is 0 Å². The van der Waals surface area contributed by atoms with Crippen LogP contribution in [0.4, 0.5) is 4.79 Å². The summed E-state index contributed by atoms with van der Waals surface area (Å²) in [5.41, 5.74) is 4.81. The number of primary amides is 1. The van der Waals surface area contributed by atoms with Gasteiger partial charge in [-0.2, -0.15) is 0 Å². The van der Waals surface area contributed by atoms with Gasteiger partial charge in [0.25, 0.3) is 0 Å². The predicted octanol–water partition coefficient (Wildman–Crippen LogP) is -0.414. The molecule has 0 spiro atoms. The highest BCUT2D eigenvalue weighted by molar-refractivity contribution is 5.94. The number of nitrogens with two attached hydrogens (primary N) is 1. The van der Waals surface area contributed by atoms with E-state index in [9.17, 15) is 9.59 Å². The van der Waals surface area contributed by atoms with Crippen LogP contribution in [-0.2, 0) is 9.53 Å². The molecule has 1 aliphatic heterocycles. The molecule has 3 amide bonds. The van der Waals surface area contributed by atoms with Gasteiger partial charge in [-0.15, -0.1) is 0 Å². The standard InChI is InChI=1S/C10H19N3O3/c1-2-8-7(3-4-16-8)5-12-6-9(14)13-10(11)15/h7-8,12H,2-6H2,1H3,(H3,11,13,14,15). The fourth-order valence-corrected chi connectivity index (χ4v) is 1.93. The number of carbonyl (C=O) groups excluding carboxylic acids is 2. The molecule has 6 nitrogen and oxygen atoms in total.